The van der Waals surface area contributed by atoms with E-state index in [1.807, 2.05) is 14.1 Å². The molecule has 0 aliphatic carbocycles. The van der Waals surface area contributed by atoms with Crippen LogP contribution in [0.15, 0.2) is 18.2 Å². The quantitative estimate of drug-likeness (QED) is 0.412. The van der Waals surface area contributed by atoms with Crippen molar-refractivity contribution in [1.82, 2.24) is 10.2 Å². The Morgan fingerprint density at radius 3 is 2.48 bits per heavy atom. The van der Waals surface area contributed by atoms with E-state index in [0.717, 1.165) is 13.0 Å². The molecule has 7 heteroatoms. The lowest BCUT2D eigenvalue weighted by Gasteiger charge is -2.11. The number of rotatable bonds is 6. The highest BCUT2D eigenvalue weighted by atomic mass is 28.3. The minimum absolute atomic E-state index is 0.152. The molecule has 0 bridgehead atoms. The number of primary amides is 1. The van der Waals surface area contributed by atoms with Crippen molar-refractivity contribution in [2.45, 2.75) is 26.1 Å². The zero-order chi connectivity index (χ0) is 19.0. The average molecular weight is 361 g/mol. The summed E-state index contributed by atoms with van der Waals surface area (Å²) in [5.41, 5.74) is 10.1. The number of anilines is 1. The first-order chi connectivity index (χ1) is 11.6. The summed E-state index contributed by atoms with van der Waals surface area (Å²) < 4.78 is 0. The van der Waals surface area contributed by atoms with E-state index in [-0.39, 0.29) is 5.91 Å². The van der Waals surface area contributed by atoms with Crippen molar-refractivity contribution in [3.63, 3.8) is 0 Å². The lowest BCUT2D eigenvalue weighted by molar-refractivity contribution is 0.0952. The van der Waals surface area contributed by atoms with Crippen LogP contribution in [0.1, 0.15) is 22.3 Å². The summed E-state index contributed by atoms with van der Waals surface area (Å²) in [5, 5.41) is 5.45. The van der Waals surface area contributed by atoms with Crippen LogP contribution >= 0.6 is 0 Å². The number of carbonyl (C=O) groups is 2. The van der Waals surface area contributed by atoms with Crippen molar-refractivity contribution >= 4 is 25.7 Å². The molecule has 0 atom stereocenters. The number of nitrogens with zero attached hydrogens (tertiary/aromatic N) is 1. The maximum absolute atomic E-state index is 12.3. The van der Waals surface area contributed by atoms with Crippen molar-refractivity contribution in [3.05, 3.63) is 29.3 Å². The number of nitrogens with one attached hydrogen (secondary N) is 2. The van der Waals surface area contributed by atoms with Crippen LogP contribution in [0, 0.1) is 11.5 Å². The highest BCUT2D eigenvalue weighted by molar-refractivity contribution is 6.83. The first kappa shape index (κ1) is 20.7. The van der Waals surface area contributed by atoms with Crippen LogP contribution in [0.25, 0.3) is 0 Å². The molecule has 0 unspecified atom stereocenters. The predicted octanol–water partition coefficient (Wildman–Crippen LogP) is 2.09. The van der Waals surface area contributed by atoms with Crippen LogP contribution in [0.2, 0.25) is 19.6 Å². The number of carbonyl (C=O) groups excluding carboxylic acids is 2. The molecule has 0 radical (unpaired) electrons. The van der Waals surface area contributed by atoms with Gasteiger partial charge in [-0.15, -0.1) is 5.54 Å². The van der Waals surface area contributed by atoms with Gasteiger partial charge in [-0.1, -0.05) is 25.6 Å². The second kappa shape index (κ2) is 9.25. The summed E-state index contributed by atoms with van der Waals surface area (Å²) in [7, 11) is 2.40. The summed E-state index contributed by atoms with van der Waals surface area (Å²) >= 11 is 0. The lowest BCUT2D eigenvalue weighted by Crippen LogP contribution is -2.27. The molecule has 1 aromatic carbocycles. The van der Waals surface area contributed by atoms with E-state index in [9.17, 15) is 9.59 Å². The normalized spacial score (nSPS) is 10.8. The highest BCUT2D eigenvalue weighted by Gasteiger charge is 2.12. The van der Waals surface area contributed by atoms with Crippen molar-refractivity contribution in [2.24, 2.45) is 5.73 Å². The molecular formula is C18H28N4O2Si. The average Bonchev–Trinajstić information content (AvgIpc) is 2.48. The van der Waals surface area contributed by atoms with Gasteiger partial charge in [-0.3, -0.25) is 4.79 Å². The first-order valence-corrected chi connectivity index (χ1v) is 11.7. The zero-order valence-electron chi connectivity index (χ0n) is 15.7. The van der Waals surface area contributed by atoms with Gasteiger partial charge < -0.3 is 21.3 Å². The predicted molar refractivity (Wildman–Crippen MR) is 105 cm³/mol. The molecule has 0 saturated carbocycles. The van der Waals surface area contributed by atoms with Crippen LogP contribution in [-0.2, 0) is 0 Å². The Hall–Kier alpha value is -2.30. The van der Waals surface area contributed by atoms with Gasteiger partial charge in [0.25, 0.3) is 5.91 Å². The molecule has 0 fully saturated rings. The van der Waals surface area contributed by atoms with Gasteiger partial charge >= 0.3 is 6.03 Å². The fourth-order valence-electron chi connectivity index (χ4n) is 1.98. The van der Waals surface area contributed by atoms with E-state index >= 15 is 0 Å². The summed E-state index contributed by atoms with van der Waals surface area (Å²) in [6, 6.07) is 4.36. The summed E-state index contributed by atoms with van der Waals surface area (Å²) in [4.78, 5) is 25.5. The van der Waals surface area contributed by atoms with Crippen LogP contribution < -0.4 is 16.4 Å². The summed E-state index contributed by atoms with van der Waals surface area (Å²) in [5.74, 6) is 2.94. The molecule has 0 aromatic heterocycles. The van der Waals surface area contributed by atoms with Gasteiger partial charge in [0, 0.05) is 17.7 Å². The molecule has 0 aliphatic rings. The number of urea groups is 1. The van der Waals surface area contributed by atoms with Crippen LogP contribution in [0.4, 0.5) is 10.5 Å². The molecule has 136 valence electrons. The monoisotopic (exact) mass is 360 g/mol. The third-order valence-electron chi connectivity index (χ3n) is 3.18. The van der Waals surface area contributed by atoms with E-state index < -0.39 is 14.1 Å². The second-order valence-electron chi connectivity index (χ2n) is 7.16. The van der Waals surface area contributed by atoms with Crippen LogP contribution in [0.3, 0.4) is 0 Å². The Morgan fingerprint density at radius 1 is 1.24 bits per heavy atom. The van der Waals surface area contributed by atoms with Gasteiger partial charge in [0.1, 0.15) is 8.07 Å². The Morgan fingerprint density at radius 2 is 1.92 bits per heavy atom. The van der Waals surface area contributed by atoms with E-state index in [0.29, 0.717) is 23.4 Å². The smallest absolute Gasteiger partial charge is 0.316 e. The van der Waals surface area contributed by atoms with Crippen LogP contribution in [-0.4, -0.2) is 52.1 Å². The molecule has 3 amide bonds. The van der Waals surface area contributed by atoms with Gasteiger partial charge in [0.05, 0.1) is 5.69 Å². The maximum Gasteiger partial charge on any atom is 0.316 e. The number of nitrogens with two attached hydrogens (primary N) is 1. The zero-order valence-corrected chi connectivity index (χ0v) is 16.7. The van der Waals surface area contributed by atoms with E-state index in [2.05, 4.69) is 46.6 Å². The molecule has 25 heavy (non-hydrogen) atoms. The largest absolute Gasteiger partial charge is 0.352 e. The van der Waals surface area contributed by atoms with Gasteiger partial charge in [0.2, 0.25) is 0 Å². The minimum Gasteiger partial charge on any atom is -0.352 e. The van der Waals surface area contributed by atoms with E-state index in [1.54, 1.807) is 18.2 Å². The topological polar surface area (TPSA) is 87.5 Å². The van der Waals surface area contributed by atoms with Crippen molar-refractivity contribution < 1.29 is 9.59 Å². The molecule has 0 aliphatic heterocycles. The Kier molecular flexibility index (Phi) is 7.67. The number of hydrogen-bond donors (Lipinski definition) is 3. The van der Waals surface area contributed by atoms with Gasteiger partial charge in [-0.25, -0.2) is 4.79 Å². The fraction of sp³-hybridized carbons (Fsp3) is 0.444. The first-order valence-electron chi connectivity index (χ1n) is 8.25. The van der Waals surface area contributed by atoms with Crippen LogP contribution in [0.5, 0.6) is 0 Å². The Balaban J connectivity index is 2.96. The second-order valence-corrected chi connectivity index (χ2v) is 11.9. The SMILES string of the molecule is CN(C)CCCNC(=O)c1ccc(NC(N)=O)c(C#C[Si](C)(C)C)c1. The summed E-state index contributed by atoms with van der Waals surface area (Å²) in [6.07, 6.45) is 0.877. The number of hydrogen-bond acceptors (Lipinski definition) is 3. The molecule has 0 saturated heterocycles. The van der Waals surface area contributed by atoms with Gasteiger partial charge in [-0.05, 0) is 45.3 Å². The van der Waals surface area contributed by atoms with Crippen molar-refractivity contribution in [3.8, 4) is 11.5 Å². The molecule has 0 heterocycles. The molecule has 0 spiro atoms. The molecule has 1 rings (SSSR count). The lowest BCUT2D eigenvalue weighted by atomic mass is 10.1. The third kappa shape index (κ3) is 8.38. The maximum atomic E-state index is 12.3. The molecular weight excluding hydrogens is 332 g/mol. The van der Waals surface area contributed by atoms with Crippen molar-refractivity contribution in [1.29, 1.82) is 0 Å². The molecule has 6 nitrogen and oxygen atoms in total. The summed E-state index contributed by atoms with van der Waals surface area (Å²) in [6.45, 7) is 7.90. The Bertz CT molecular complexity index is 685. The van der Waals surface area contributed by atoms with Gasteiger partial charge in [-0.2, -0.15) is 0 Å². The fourth-order valence-corrected chi connectivity index (χ4v) is 2.49. The van der Waals surface area contributed by atoms with Crippen molar-refractivity contribution in [2.75, 3.05) is 32.5 Å². The Labute approximate surface area is 151 Å². The van der Waals surface area contributed by atoms with Gasteiger partial charge in [0.15, 0.2) is 0 Å². The molecule has 1 aromatic rings. The third-order valence-corrected chi connectivity index (χ3v) is 4.05. The minimum atomic E-state index is -1.59. The number of amides is 3. The number of benzene rings is 1. The molecule has 4 N–H and O–H groups in total. The standard InChI is InChI=1S/C18H28N4O2Si/c1-22(2)11-6-10-20-17(23)15-7-8-16(21-18(19)24)14(13-15)9-12-25(3,4)5/h7-8,13H,6,10-11H2,1-5H3,(H,20,23)(H3,19,21,24). The van der Waals surface area contributed by atoms with E-state index in [4.69, 9.17) is 5.73 Å². The van der Waals surface area contributed by atoms with E-state index in [1.165, 1.54) is 0 Å². The highest BCUT2D eigenvalue weighted by Crippen LogP contribution is 2.17.